The summed E-state index contributed by atoms with van der Waals surface area (Å²) in [5.74, 6) is 1.05. The zero-order valence-electron chi connectivity index (χ0n) is 8.97. The molecule has 16 heavy (non-hydrogen) atoms. The molecule has 0 saturated heterocycles. The van der Waals surface area contributed by atoms with Crippen molar-refractivity contribution in [1.29, 1.82) is 0 Å². The van der Waals surface area contributed by atoms with Crippen molar-refractivity contribution in [3.63, 3.8) is 0 Å². The van der Waals surface area contributed by atoms with Crippen LogP contribution in [0, 0.1) is 0 Å². The maximum atomic E-state index is 12.2. The average Bonchev–Trinajstić information content (AvgIpc) is 2.24. The van der Waals surface area contributed by atoms with Crippen LogP contribution in [0.3, 0.4) is 0 Å². The molecule has 1 nitrogen and oxygen atoms in total. The van der Waals surface area contributed by atoms with E-state index in [2.05, 4.69) is 5.32 Å². The first-order chi connectivity index (χ1) is 7.54. The van der Waals surface area contributed by atoms with E-state index in [0.29, 0.717) is 0 Å². The number of alkyl halides is 3. The maximum absolute atomic E-state index is 12.2. The molecule has 0 aliphatic carbocycles. The molecule has 0 aromatic heterocycles. The molecule has 0 unspecified atom stereocenters. The lowest BCUT2D eigenvalue weighted by Crippen LogP contribution is -2.06. The average molecular weight is 249 g/mol. The number of thioether (sulfide) groups is 1. The Balaban J connectivity index is 2.46. The number of hydrogen-bond acceptors (Lipinski definition) is 2. The molecule has 0 atom stereocenters. The first-order valence-corrected chi connectivity index (χ1v) is 6.33. The summed E-state index contributed by atoms with van der Waals surface area (Å²) in [6, 6.07) is 5.11. The monoisotopic (exact) mass is 249 g/mol. The number of rotatable bonds is 5. The predicted octanol–water partition coefficient (Wildman–Crippen LogP) is 3.87. The van der Waals surface area contributed by atoms with Gasteiger partial charge in [0, 0.05) is 12.2 Å². The van der Waals surface area contributed by atoms with Gasteiger partial charge in [-0.25, -0.2) is 0 Å². The minimum Gasteiger partial charge on any atom is -0.385 e. The van der Waals surface area contributed by atoms with Crippen LogP contribution in [0.4, 0.5) is 18.9 Å². The van der Waals surface area contributed by atoms with Crippen molar-refractivity contribution in [2.24, 2.45) is 0 Å². The van der Waals surface area contributed by atoms with E-state index in [9.17, 15) is 13.2 Å². The SMILES string of the molecule is CSCCCNc1ccc(C(F)(F)F)cc1. The van der Waals surface area contributed by atoms with Gasteiger partial charge in [0.05, 0.1) is 5.56 Å². The molecule has 0 radical (unpaired) electrons. The first-order valence-electron chi connectivity index (χ1n) is 4.94. The van der Waals surface area contributed by atoms with Gasteiger partial charge in [0.25, 0.3) is 0 Å². The molecule has 1 aromatic rings. The van der Waals surface area contributed by atoms with Crippen LogP contribution in [-0.4, -0.2) is 18.6 Å². The van der Waals surface area contributed by atoms with Crippen molar-refractivity contribution >= 4 is 17.4 Å². The second-order valence-electron chi connectivity index (χ2n) is 3.35. The quantitative estimate of drug-likeness (QED) is 0.795. The third-order valence-electron chi connectivity index (χ3n) is 2.07. The predicted molar refractivity (Wildman–Crippen MR) is 62.9 cm³/mol. The maximum Gasteiger partial charge on any atom is 0.416 e. The molecule has 1 rings (SSSR count). The molecule has 0 heterocycles. The van der Waals surface area contributed by atoms with Gasteiger partial charge in [-0.1, -0.05) is 0 Å². The van der Waals surface area contributed by atoms with Crippen LogP contribution in [0.15, 0.2) is 24.3 Å². The highest BCUT2D eigenvalue weighted by molar-refractivity contribution is 7.98. The summed E-state index contributed by atoms with van der Waals surface area (Å²) in [4.78, 5) is 0. The zero-order valence-corrected chi connectivity index (χ0v) is 9.79. The molecule has 0 amide bonds. The van der Waals surface area contributed by atoms with Gasteiger partial charge in [-0.15, -0.1) is 0 Å². The minimum atomic E-state index is -4.25. The Morgan fingerprint density at radius 2 is 1.81 bits per heavy atom. The van der Waals surface area contributed by atoms with Gasteiger partial charge >= 0.3 is 6.18 Å². The second-order valence-corrected chi connectivity index (χ2v) is 4.33. The highest BCUT2D eigenvalue weighted by Crippen LogP contribution is 2.29. The Hall–Kier alpha value is -0.840. The summed E-state index contributed by atoms with van der Waals surface area (Å²) in [6.07, 6.45) is -1.22. The summed E-state index contributed by atoms with van der Waals surface area (Å²) in [5.41, 5.74) is 0.122. The van der Waals surface area contributed by atoms with Crippen LogP contribution in [0.25, 0.3) is 0 Å². The Kier molecular flexibility index (Phi) is 4.99. The molecule has 0 saturated carbocycles. The highest BCUT2D eigenvalue weighted by atomic mass is 32.2. The fourth-order valence-corrected chi connectivity index (χ4v) is 1.66. The fourth-order valence-electron chi connectivity index (χ4n) is 1.23. The van der Waals surface area contributed by atoms with Crippen molar-refractivity contribution in [3.8, 4) is 0 Å². The smallest absolute Gasteiger partial charge is 0.385 e. The molecule has 1 aromatic carbocycles. The Bertz CT molecular complexity index is 308. The molecule has 0 fully saturated rings. The number of hydrogen-bond donors (Lipinski definition) is 1. The second kappa shape index (κ2) is 6.03. The summed E-state index contributed by atoms with van der Waals surface area (Å²) >= 11 is 1.75. The first kappa shape index (κ1) is 13.2. The Morgan fingerprint density at radius 1 is 1.19 bits per heavy atom. The lowest BCUT2D eigenvalue weighted by atomic mass is 10.2. The topological polar surface area (TPSA) is 12.0 Å². The van der Waals surface area contributed by atoms with E-state index in [-0.39, 0.29) is 0 Å². The van der Waals surface area contributed by atoms with Crippen molar-refractivity contribution in [3.05, 3.63) is 29.8 Å². The Labute approximate surface area is 97.4 Å². The van der Waals surface area contributed by atoms with Gasteiger partial charge in [-0.05, 0) is 42.7 Å². The highest BCUT2D eigenvalue weighted by Gasteiger charge is 2.29. The number of benzene rings is 1. The van der Waals surface area contributed by atoms with Crippen molar-refractivity contribution in [2.75, 3.05) is 23.9 Å². The van der Waals surface area contributed by atoms with Crippen LogP contribution < -0.4 is 5.32 Å². The largest absolute Gasteiger partial charge is 0.416 e. The van der Waals surface area contributed by atoms with Crippen molar-refractivity contribution in [1.82, 2.24) is 0 Å². The molecular formula is C11H14F3NS. The normalized spacial score (nSPS) is 11.5. The molecule has 0 aliphatic heterocycles. The standard InChI is InChI=1S/C11H14F3NS/c1-16-8-2-7-15-10-5-3-9(4-6-10)11(12,13)14/h3-6,15H,2,7-8H2,1H3. The van der Waals surface area contributed by atoms with E-state index < -0.39 is 11.7 Å². The third kappa shape index (κ3) is 4.35. The van der Waals surface area contributed by atoms with Gasteiger partial charge in [0.1, 0.15) is 0 Å². The molecule has 0 aliphatic rings. The van der Waals surface area contributed by atoms with Crippen LogP contribution in [0.5, 0.6) is 0 Å². The van der Waals surface area contributed by atoms with Crippen molar-refractivity contribution < 1.29 is 13.2 Å². The summed E-state index contributed by atoms with van der Waals surface area (Å²) in [5, 5.41) is 3.08. The molecule has 0 bridgehead atoms. The number of halogens is 3. The van der Waals surface area contributed by atoms with E-state index in [4.69, 9.17) is 0 Å². The van der Waals surface area contributed by atoms with Crippen LogP contribution >= 0.6 is 11.8 Å². The van der Waals surface area contributed by atoms with Crippen LogP contribution in [-0.2, 0) is 6.18 Å². The van der Waals surface area contributed by atoms with Gasteiger partial charge in [-0.3, -0.25) is 0 Å². The summed E-state index contributed by atoms with van der Waals surface area (Å²) in [6.45, 7) is 0.784. The van der Waals surface area contributed by atoms with E-state index in [0.717, 1.165) is 36.5 Å². The van der Waals surface area contributed by atoms with Crippen LogP contribution in [0.2, 0.25) is 0 Å². The lowest BCUT2D eigenvalue weighted by Gasteiger charge is -2.09. The van der Waals surface area contributed by atoms with Gasteiger partial charge in [0.2, 0.25) is 0 Å². The Morgan fingerprint density at radius 3 is 2.31 bits per heavy atom. The van der Waals surface area contributed by atoms with Crippen LogP contribution in [0.1, 0.15) is 12.0 Å². The van der Waals surface area contributed by atoms with E-state index in [1.54, 1.807) is 11.8 Å². The summed E-state index contributed by atoms with van der Waals surface area (Å²) in [7, 11) is 0. The van der Waals surface area contributed by atoms with Crippen molar-refractivity contribution in [2.45, 2.75) is 12.6 Å². The fraction of sp³-hybridized carbons (Fsp3) is 0.455. The summed E-state index contributed by atoms with van der Waals surface area (Å²) < 4.78 is 36.7. The van der Waals surface area contributed by atoms with Gasteiger partial charge in [0.15, 0.2) is 0 Å². The lowest BCUT2D eigenvalue weighted by molar-refractivity contribution is -0.137. The van der Waals surface area contributed by atoms with E-state index in [1.807, 2.05) is 6.26 Å². The third-order valence-corrected chi connectivity index (χ3v) is 2.76. The molecule has 1 N–H and O–H groups in total. The number of nitrogens with one attached hydrogen (secondary N) is 1. The van der Waals surface area contributed by atoms with E-state index in [1.165, 1.54) is 12.1 Å². The minimum absolute atomic E-state index is 0.609. The molecule has 5 heteroatoms. The zero-order chi connectivity index (χ0) is 12.0. The molecule has 0 spiro atoms. The number of anilines is 1. The van der Waals surface area contributed by atoms with E-state index >= 15 is 0 Å². The molecule has 90 valence electrons. The molecular weight excluding hydrogens is 235 g/mol. The van der Waals surface area contributed by atoms with Gasteiger partial charge < -0.3 is 5.32 Å². The van der Waals surface area contributed by atoms with Gasteiger partial charge in [-0.2, -0.15) is 24.9 Å².